The summed E-state index contributed by atoms with van der Waals surface area (Å²) in [6.07, 6.45) is 2.07. The highest BCUT2D eigenvalue weighted by Gasteiger charge is 2.39. The summed E-state index contributed by atoms with van der Waals surface area (Å²) in [5.74, 6) is -0.799. The van der Waals surface area contributed by atoms with Crippen molar-refractivity contribution in [3.05, 3.63) is 35.4 Å². The highest BCUT2D eigenvalue weighted by Crippen LogP contribution is 2.28. The molecule has 0 saturated heterocycles. The van der Waals surface area contributed by atoms with E-state index in [0.29, 0.717) is 0 Å². The van der Waals surface area contributed by atoms with Gasteiger partial charge in [-0.25, -0.2) is 4.79 Å². The average Bonchev–Trinajstić information content (AvgIpc) is 2.34. The molecule has 1 aromatic rings. The van der Waals surface area contributed by atoms with Gasteiger partial charge in [0.15, 0.2) is 0 Å². The molecule has 3 nitrogen and oxygen atoms in total. The van der Waals surface area contributed by atoms with Crippen LogP contribution in [0.5, 0.6) is 0 Å². The van der Waals surface area contributed by atoms with Crippen molar-refractivity contribution in [1.29, 1.82) is 0 Å². The Bertz CT molecular complexity index is 417. The van der Waals surface area contributed by atoms with Crippen molar-refractivity contribution in [2.75, 3.05) is 13.6 Å². The van der Waals surface area contributed by atoms with Crippen molar-refractivity contribution in [3.8, 4) is 0 Å². The van der Waals surface area contributed by atoms with Gasteiger partial charge in [-0.2, -0.15) is 0 Å². The second-order valence-corrected chi connectivity index (χ2v) is 5.02. The summed E-state index contributed by atoms with van der Waals surface area (Å²) in [6, 6.07) is 7.75. The molecule has 18 heavy (non-hydrogen) atoms. The molecule has 1 N–H and O–H groups in total. The lowest BCUT2D eigenvalue weighted by atomic mass is 9.89. The molecule has 0 bridgehead atoms. The SMILES string of the molecule is CCCCN(C)C(C)(C(=O)O)c1cccc(C)c1. The molecule has 0 aliphatic rings. The van der Waals surface area contributed by atoms with Gasteiger partial charge in [0, 0.05) is 0 Å². The molecule has 0 saturated carbocycles. The summed E-state index contributed by atoms with van der Waals surface area (Å²) >= 11 is 0. The molecule has 0 aliphatic carbocycles. The second kappa shape index (κ2) is 6.01. The molecule has 0 amide bonds. The number of nitrogens with zero attached hydrogens (tertiary/aromatic N) is 1. The predicted molar refractivity (Wildman–Crippen MR) is 73.7 cm³/mol. The zero-order chi connectivity index (χ0) is 13.8. The van der Waals surface area contributed by atoms with Crippen LogP contribution in [0, 0.1) is 6.92 Å². The molecule has 0 radical (unpaired) electrons. The van der Waals surface area contributed by atoms with E-state index < -0.39 is 11.5 Å². The van der Waals surface area contributed by atoms with Gasteiger partial charge in [0.1, 0.15) is 5.54 Å². The Morgan fingerprint density at radius 2 is 2.11 bits per heavy atom. The number of carbonyl (C=O) groups is 1. The fourth-order valence-corrected chi connectivity index (χ4v) is 2.07. The Labute approximate surface area is 109 Å². The van der Waals surface area contributed by atoms with Gasteiger partial charge in [-0.05, 0) is 39.4 Å². The van der Waals surface area contributed by atoms with Gasteiger partial charge in [-0.1, -0.05) is 43.2 Å². The van der Waals surface area contributed by atoms with E-state index in [1.165, 1.54) is 0 Å². The molecule has 0 spiro atoms. The van der Waals surface area contributed by atoms with Crippen LogP contribution in [0.15, 0.2) is 24.3 Å². The molecule has 0 fully saturated rings. The van der Waals surface area contributed by atoms with E-state index in [-0.39, 0.29) is 0 Å². The summed E-state index contributed by atoms with van der Waals surface area (Å²) in [5.41, 5.74) is 0.971. The smallest absolute Gasteiger partial charge is 0.328 e. The monoisotopic (exact) mass is 249 g/mol. The number of carboxylic acid groups (broad SMARTS) is 1. The van der Waals surface area contributed by atoms with E-state index in [4.69, 9.17) is 0 Å². The molecule has 1 atom stereocenters. The highest BCUT2D eigenvalue weighted by molar-refractivity contribution is 5.80. The van der Waals surface area contributed by atoms with Crippen LogP contribution < -0.4 is 0 Å². The largest absolute Gasteiger partial charge is 0.480 e. The van der Waals surface area contributed by atoms with Crippen molar-refractivity contribution in [2.45, 2.75) is 39.2 Å². The Morgan fingerprint density at radius 1 is 1.44 bits per heavy atom. The number of benzene rings is 1. The van der Waals surface area contributed by atoms with Crippen molar-refractivity contribution in [3.63, 3.8) is 0 Å². The number of hydrogen-bond acceptors (Lipinski definition) is 2. The van der Waals surface area contributed by atoms with E-state index in [2.05, 4.69) is 6.92 Å². The number of carboxylic acids is 1. The predicted octanol–water partition coefficient (Wildman–Crippen LogP) is 3.03. The van der Waals surface area contributed by atoms with Crippen LogP contribution in [0.3, 0.4) is 0 Å². The van der Waals surface area contributed by atoms with Crippen LogP contribution in [0.4, 0.5) is 0 Å². The summed E-state index contributed by atoms with van der Waals surface area (Å²) in [7, 11) is 1.88. The van der Waals surface area contributed by atoms with Crippen molar-refractivity contribution in [1.82, 2.24) is 4.90 Å². The Hall–Kier alpha value is -1.35. The van der Waals surface area contributed by atoms with E-state index in [9.17, 15) is 9.90 Å². The van der Waals surface area contributed by atoms with Crippen LogP contribution in [-0.2, 0) is 10.3 Å². The summed E-state index contributed by atoms with van der Waals surface area (Å²) in [4.78, 5) is 13.6. The Balaban J connectivity index is 3.11. The number of aliphatic carboxylic acids is 1. The van der Waals surface area contributed by atoms with E-state index >= 15 is 0 Å². The normalized spacial score (nSPS) is 14.5. The number of aryl methyl sites for hydroxylation is 1. The fourth-order valence-electron chi connectivity index (χ4n) is 2.07. The summed E-state index contributed by atoms with van der Waals surface area (Å²) in [5, 5.41) is 9.60. The zero-order valence-electron chi connectivity index (χ0n) is 11.7. The lowest BCUT2D eigenvalue weighted by Gasteiger charge is -2.35. The van der Waals surface area contributed by atoms with Gasteiger partial charge >= 0.3 is 5.97 Å². The maximum atomic E-state index is 11.7. The molecular weight excluding hydrogens is 226 g/mol. The lowest BCUT2D eigenvalue weighted by Crippen LogP contribution is -2.48. The quantitative estimate of drug-likeness (QED) is 0.842. The maximum absolute atomic E-state index is 11.7. The molecule has 0 aliphatic heterocycles. The highest BCUT2D eigenvalue weighted by atomic mass is 16.4. The molecule has 1 rings (SSSR count). The van der Waals surface area contributed by atoms with Gasteiger partial charge < -0.3 is 5.11 Å². The van der Waals surface area contributed by atoms with Crippen molar-refractivity contribution < 1.29 is 9.90 Å². The number of hydrogen-bond donors (Lipinski definition) is 1. The standard InChI is InChI=1S/C15H23NO2/c1-5-6-10-16(4)15(3,14(17)18)13-9-7-8-12(2)11-13/h7-9,11H,5-6,10H2,1-4H3,(H,17,18). The van der Waals surface area contributed by atoms with E-state index in [1.807, 2.05) is 43.1 Å². The minimum atomic E-state index is -0.957. The molecular formula is C15H23NO2. The van der Waals surface area contributed by atoms with Gasteiger partial charge in [-0.15, -0.1) is 0 Å². The first-order valence-electron chi connectivity index (χ1n) is 6.44. The molecule has 0 heterocycles. The van der Waals surface area contributed by atoms with Crippen LogP contribution >= 0.6 is 0 Å². The minimum absolute atomic E-state index is 0.785. The van der Waals surface area contributed by atoms with Gasteiger partial charge in [-0.3, -0.25) is 4.90 Å². The summed E-state index contributed by atoms with van der Waals surface area (Å²) < 4.78 is 0. The number of rotatable bonds is 6. The van der Waals surface area contributed by atoms with Crippen molar-refractivity contribution in [2.24, 2.45) is 0 Å². The third kappa shape index (κ3) is 2.91. The molecule has 1 unspecified atom stereocenters. The topological polar surface area (TPSA) is 40.5 Å². The average molecular weight is 249 g/mol. The first-order valence-corrected chi connectivity index (χ1v) is 6.44. The molecule has 1 aromatic carbocycles. The van der Waals surface area contributed by atoms with Crippen molar-refractivity contribution >= 4 is 5.97 Å². The fraction of sp³-hybridized carbons (Fsp3) is 0.533. The lowest BCUT2D eigenvalue weighted by molar-refractivity contribution is -0.150. The number of likely N-dealkylation sites (N-methyl/N-ethyl adjacent to an activating group) is 1. The number of unbranched alkanes of at least 4 members (excludes halogenated alkanes) is 1. The van der Waals surface area contributed by atoms with Crippen LogP contribution in [-0.4, -0.2) is 29.6 Å². The van der Waals surface area contributed by atoms with Gasteiger partial charge in [0.25, 0.3) is 0 Å². The van der Waals surface area contributed by atoms with Crippen LogP contribution in [0.1, 0.15) is 37.8 Å². The summed E-state index contributed by atoms with van der Waals surface area (Å²) in [6.45, 7) is 6.66. The molecule has 0 aromatic heterocycles. The third-order valence-corrected chi connectivity index (χ3v) is 3.61. The zero-order valence-corrected chi connectivity index (χ0v) is 11.7. The maximum Gasteiger partial charge on any atom is 0.328 e. The molecule has 3 heteroatoms. The van der Waals surface area contributed by atoms with Gasteiger partial charge in [0.2, 0.25) is 0 Å². The molecule has 100 valence electrons. The van der Waals surface area contributed by atoms with Crippen LogP contribution in [0.25, 0.3) is 0 Å². The minimum Gasteiger partial charge on any atom is -0.480 e. The Kier molecular flexibility index (Phi) is 4.91. The Morgan fingerprint density at radius 3 is 2.61 bits per heavy atom. The van der Waals surface area contributed by atoms with E-state index in [1.54, 1.807) is 6.92 Å². The third-order valence-electron chi connectivity index (χ3n) is 3.61. The second-order valence-electron chi connectivity index (χ2n) is 5.02. The first-order chi connectivity index (χ1) is 8.42. The van der Waals surface area contributed by atoms with Gasteiger partial charge in [0.05, 0.1) is 0 Å². The van der Waals surface area contributed by atoms with Crippen LogP contribution in [0.2, 0.25) is 0 Å². The van der Waals surface area contributed by atoms with E-state index in [0.717, 1.165) is 30.5 Å². The first kappa shape index (κ1) is 14.7.